The monoisotopic (exact) mass is 411 g/mol. The molecule has 1 amide bonds. The fraction of sp³-hybridized carbons (Fsp3) is 0.333. The number of likely N-dealkylation sites (tertiary alicyclic amines) is 1. The normalized spacial score (nSPS) is 14.9. The third-order valence-electron chi connectivity index (χ3n) is 5.02. The minimum atomic E-state index is -0.530. The molecular formula is C21H21N3O4S. The second kappa shape index (κ2) is 8.65. The molecule has 0 aliphatic carbocycles. The summed E-state index contributed by atoms with van der Waals surface area (Å²) < 4.78 is 11.1. The van der Waals surface area contributed by atoms with Crippen molar-refractivity contribution in [2.24, 2.45) is 0 Å². The van der Waals surface area contributed by atoms with E-state index >= 15 is 0 Å². The molecule has 3 heterocycles. The van der Waals surface area contributed by atoms with Gasteiger partial charge in [0.05, 0.1) is 5.56 Å². The first-order chi connectivity index (χ1) is 14.2. The van der Waals surface area contributed by atoms with Crippen LogP contribution in [0.5, 0.6) is 0 Å². The smallest absolute Gasteiger partial charge is 0.341 e. The summed E-state index contributed by atoms with van der Waals surface area (Å²) in [6, 6.07) is 11.0. The highest BCUT2D eigenvalue weighted by molar-refractivity contribution is 7.98. The molecule has 0 radical (unpaired) electrons. The van der Waals surface area contributed by atoms with Crippen molar-refractivity contribution in [3.63, 3.8) is 0 Å². The summed E-state index contributed by atoms with van der Waals surface area (Å²) in [6.45, 7) is 0.903. The maximum absolute atomic E-state index is 12.5. The Balaban J connectivity index is 1.30. The second-order valence-electron chi connectivity index (χ2n) is 6.81. The molecule has 29 heavy (non-hydrogen) atoms. The Morgan fingerprint density at radius 3 is 2.76 bits per heavy atom. The number of pyridine rings is 1. The molecule has 0 atom stereocenters. The van der Waals surface area contributed by atoms with Crippen molar-refractivity contribution < 1.29 is 18.7 Å². The number of ether oxygens (including phenoxy) is 1. The predicted octanol–water partition coefficient (Wildman–Crippen LogP) is 3.51. The van der Waals surface area contributed by atoms with Gasteiger partial charge in [-0.1, -0.05) is 12.1 Å². The maximum Gasteiger partial charge on any atom is 0.341 e. The van der Waals surface area contributed by atoms with Crippen LogP contribution in [0.3, 0.4) is 0 Å². The van der Waals surface area contributed by atoms with Gasteiger partial charge in [-0.05, 0) is 43.4 Å². The van der Waals surface area contributed by atoms with E-state index in [0.717, 1.165) is 29.8 Å². The van der Waals surface area contributed by atoms with E-state index in [1.54, 1.807) is 23.2 Å². The van der Waals surface area contributed by atoms with Crippen LogP contribution in [0.1, 0.15) is 35.0 Å². The van der Waals surface area contributed by atoms with Crippen molar-refractivity contribution in [2.75, 3.05) is 26.0 Å². The fourth-order valence-corrected chi connectivity index (χ4v) is 3.98. The number of oxazole rings is 1. The van der Waals surface area contributed by atoms with E-state index in [4.69, 9.17) is 9.15 Å². The van der Waals surface area contributed by atoms with Crippen molar-refractivity contribution >= 4 is 34.7 Å². The van der Waals surface area contributed by atoms with Gasteiger partial charge in [-0.25, -0.2) is 14.8 Å². The van der Waals surface area contributed by atoms with Crippen LogP contribution in [0.15, 0.2) is 52.0 Å². The Morgan fingerprint density at radius 1 is 1.21 bits per heavy atom. The van der Waals surface area contributed by atoms with E-state index in [0.29, 0.717) is 23.7 Å². The van der Waals surface area contributed by atoms with Gasteiger partial charge in [0, 0.05) is 25.2 Å². The number of amides is 1. The van der Waals surface area contributed by atoms with Crippen LogP contribution in [0.4, 0.5) is 0 Å². The Kier molecular flexibility index (Phi) is 5.80. The quantitative estimate of drug-likeness (QED) is 0.469. The molecule has 0 saturated carbocycles. The average Bonchev–Trinajstić information content (AvgIpc) is 3.21. The molecule has 1 saturated heterocycles. The highest BCUT2D eigenvalue weighted by Gasteiger charge is 2.27. The molecule has 150 valence electrons. The van der Waals surface area contributed by atoms with Crippen molar-refractivity contribution in [3.05, 3.63) is 54.0 Å². The van der Waals surface area contributed by atoms with E-state index in [2.05, 4.69) is 9.97 Å². The Hall–Kier alpha value is -2.87. The first-order valence-electron chi connectivity index (χ1n) is 9.45. The molecule has 0 unspecified atom stereocenters. The number of thioether (sulfide) groups is 1. The van der Waals surface area contributed by atoms with Crippen LogP contribution < -0.4 is 0 Å². The van der Waals surface area contributed by atoms with Gasteiger partial charge in [0.15, 0.2) is 18.1 Å². The van der Waals surface area contributed by atoms with Gasteiger partial charge in [-0.2, -0.15) is 0 Å². The lowest BCUT2D eigenvalue weighted by Crippen LogP contribution is -2.40. The molecule has 1 aromatic carbocycles. The van der Waals surface area contributed by atoms with Crippen molar-refractivity contribution in [1.29, 1.82) is 0 Å². The fourth-order valence-electron chi connectivity index (χ4n) is 3.45. The molecule has 3 aromatic rings. The van der Waals surface area contributed by atoms with Crippen LogP contribution in [0, 0.1) is 0 Å². The molecule has 8 heteroatoms. The zero-order valence-electron chi connectivity index (χ0n) is 16.0. The minimum Gasteiger partial charge on any atom is -0.452 e. The molecule has 4 rings (SSSR count). The van der Waals surface area contributed by atoms with E-state index in [1.165, 1.54) is 11.8 Å². The number of hydrogen-bond acceptors (Lipinski definition) is 7. The van der Waals surface area contributed by atoms with Gasteiger partial charge in [-0.3, -0.25) is 4.79 Å². The lowest BCUT2D eigenvalue weighted by atomic mass is 9.97. The Bertz CT molecular complexity index is 994. The molecule has 0 bridgehead atoms. The predicted molar refractivity (Wildman–Crippen MR) is 109 cm³/mol. The Labute approximate surface area is 172 Å². The third-order valence-corrected chi connectivity index (χ3v) is 5.73. The lowest BCUT2D eigenvalue weighted by molar-refractivity contribution is -0.135. The van der Waals surface area contributed by atoms with E-state index in [9.17, 15) is 9.59 Å². The lowest BCUT2D eigenvalue weighted by Gasteiger charge is -2.30. The molecule has 1 fully saturated rings. The number of piperidine rings is 1. The SMILES string of the molecule is CSc1ncccc1C(=O)OCC(=O)N1CCC(c2nc3ccccc3o2)CC1. The number of carbonyl (C=O) groups excluding carboxylic acids is 2. The standard InChI is InChI=1S/C21H21N3O4S/c1-29-20-15(5-4-10-22-20)21(26)27-13-18(25)24-11-8-14(9-12-24)19-23-16-6-2-3-7-17(16)28-19/h2-7,10,14H,8-9,11-13H2,1H3. The summed E-state index contributed by atoms with van der Waals surface area (Å²) in [4.78, 5) is 35.2. The van der Waals surface area contributed by atoms with Gasteiger partial charge in [0.1, 0.15) is 10.5 Å². The van der Waals surface area contributed by atoms with Crippen molar-refractivity contribution in [1.82, 2.24) is 14.9 Å². The highest BCUT2D eigenvalue weighted by Crippen LogP contribution is 2.30. The summed E-state index contributed by atoms with van der Waals surface area (Å²) in [6.07, 6.45) is 5.00. The number of para-hydroxylation sites is 2. The first kappa shape index (κ1) is 19.4. The van der Waals surface area contributed by atoms with Gasteiger partial charge >= 0.3 is 5.97 Å². The number of carbonyl (C=O) groups is 2. The number of aromatic nitrogens is 2. The topological polar surface area (TPSA) is 85.5 Å². The first-order valence-corrected chi connectivity index (χ1v) is 10.7. The summed E-state index contributed by atoms with van der Waals surface area (Å²) in [5.41, 5.74) is 2.02. The van der Waals surface area contributed by atoms with Crippen LogP contribution in [-0.2, 0) is 9.53 Å². The van der Waals surface area contributed by atoms with E-state index in [-0.39, 0.29) is 18.4 Å². The minimum absolute atomic E-state index is 0.188. The van der Waals surface area contributed by atoms with Gasteiger partial charge in [0.2, 0.25) is 0 Å². The van der Waals surface area contributed by atoms with E-state index in [1.807, 2.05) is 30.5 Å². The average molecular weight is 411 g/mol. The molecule has 1 aliphatic heterocycles. The number of rotatable bonds is 5. The van der Waals surface area contributed by atoms with Gasteiger partial charge < -0.3 is 14.1 Å². The Morgan fingerprint density at radius 2 is 2.00 bits per heavy atom. The summed E-state index contributed by atoms with van der Waals surface area (Å²) in [7, 11) is 0. The molecular weight excluding hydrogens is 390 g/mol. The highest BCUT2D eigenvalue weighted by atomic mass is 32.2. The second-order valence-corrected chi connectivity index (χ2v) is 7.61. The zero-order valence-corrected chi connectivity index (χ0v) is 16.9. The molecule has 2 aromatic heterocycles. The van der Waals surface area contributed by atoms with Crippen LogP contribution >= 0.6 is 11.8 Å². The van der Waals surface area contributed by atoms with Crippen LogP contribution in [0.25, 0.3) is 11.1 Å². The van der Waals surface area contributed by atoms with Crippen molar-refractivity contribution in [3.8, 4) is 0 Å². The number of esters is 1. The molecule has 7 nitrogen and oxygen atoms in total. The zero-order chi connectivity index (χ0) is 20.2. The molecule has 1 aliphatic rings. The summed E-state index contributed by atoms with van der Waals surface area (Å²) in [5, 5.41) is 0.587. The number of benzene rings is 1. The maximum atomic E-state index is 12.5. The van der Waals surface area contributed by atoms with Gasteiger partial charge in [0.25, 0.3) is 5.91 Å². The van der Waals surface area contributed by atoms with Crippen molar-refractivity contribution in [2.45, 2.75) is 23.8 Å². The number of nitrogens with zero attached hydrogens (tertiary/aromatic N) is 3. The van der Waals surface area contributed by atoms with Crippen LogP contribution in [0.2, 0.25) is 0 Å². The number of hydrogen-bond donors (Lipinski definition) is 0. The van der Waals surface area contributed by atoms with Crippen LogP contribution in [-0.4, -0.2) is 52.7 Å². The third kappa shape index (κ3) is 4.27. The summed E-state index contributed by atoms with van der Waals surface area (Å²) >= 11 is 1.36. The largest absolute Gasteiger partial charge is 0.452 e. The molecule has 0 spiro atoms. The van der Waals surface area contributed by atoms with Gasteiger partial charge in [-0.15, -0.1) is 11.8 Å². The summed E-state index contributed by atoms with van der Waals surface area (Å²) in [5.74, 6) is 0.195. The van der Waals surface area contributed by atoms with E-state index < -0.39 is 5.97 Å². The number of fused-ring (bicyclic) bond motifs is 1. The molecule has 0 N–H and O–H groups in total.